The third-order valence-corrected chi connectivity index (χ3v) is 4.52. The number of hydrogen-bond acceptors (Lipinski definition) is 4. The molecule has 1 aliphatic rings. The summed E-state index contributed by atoms with van der Waals surface area (Å²) in [7, 11) is 0. The van der Waals surface area contributed by atoms with Crippen molar-refractivity contribution in [2.45, 2.75) is 58.1 Å². The van der Waals surface area contributed by atoms with Crippen LogP contribution >= 0.6 is 0 Å². The van der Waals surface area contributed by atoms with Crippen LogP contribution in [0.25, 0.3) is 0 Å². The van der Waals surface area contributed by atoms with Crippen molar-refractivity contribution in [3.8, 4) is 0 Å². The van der Waals surface area contributed by atoms with Crippen LogP contribution in [0.2, 0.25) is 0 Å². The molecule has 0 bridgehead atoms. The number of carbonyl (C=O) groups is 3. The van der Waals surface area contributed by atoms with Gasteiger partial charge in [-0.05, 0) is 45.6 Å². The van der Waals surface area contributed by atoms with Gasteiger partial charge in [0.15, 0.2) is 5.78 Å². The van der Waals surface area contributed by atoms with Crippen LogP contribution in [0.15, 0.2) is 30.3 Å². The predicted molar refractivity (Wildman–Crippen MR) is 96.8 cm³/mol. The average Bonchev–Trinajstić information content (AvgIpc) is 3.02. The number of carboxylic acid groups (broad SMARTS) is 1. The zero-order valence-electron chi connectivity index (χ0n) is 15.5. The van der Waals surface area contributed by atoms with Crippen LogP contribution in [-0.4, -0.2) is 34.6 Å². The molecule has 0 spiro atoms. The minimum Gasteiger partial charge on any atom is -0.481 e. The molecule has 1 amide bonds. The molecule has 2 N–H and O–H groups in total. The quantitative estimate of drug-likeness (QED) is 0.812. The number of aliphatic carboxylic acids is 1. The number of ketones is 1. The smallest absolute Gasteiger partial charge is 0.408 e. The van der Waals surface area contributed by atoms with E-state index in [4.69, 9.17) is 4.74 Å². The Kier molecular flexibility index (Phi) is 6.40. The summed E-state index contributed by atoms with van der Waals surface area (Å²) in [4.78, 5) is 36.7. The van der Waals surface area contributed by atoms with E-state index in [0.717, 1.165) is 5.56 Å². The monoisotopic (exact) mass is 361 g/mol. The molecule has 1 fully saturated rings. The zero-order valence-corrected chi connectivity index (χ0v) is 15.5. The number of carboxylic acids is 1. The van der Waals surface area contributed by atoms with Crippen molar-refractivity contribution in [1.29, 1.82) is 0 Å². The number of hydrogen-bond donors (Lipinski definition) is 2. The molecule has 1 saturated carbocycles. The van der Waals surface area contributed by atoms with E-state index in [0.29, 0.717) is 25.7 Å². The standard InChI is InChI=1S/C20H27NO5/c1-20(2,3)26-19(25)21-16(12-13-8-5-4-6-9-13)17(22)14-10-7-11-15(14)18(23)24/h4-6,8-9,14-16H,7,10-12H2,1-3H3,(H,21,25)(H,23,24)/t14-,15-,16?/m1/s1. The van der Waals surface area contributed by atoms with Gasteiger partial charge in [-0.25, -0.2) is 4.79 Å². The number of Topliss-reactive ketones (excluding diaryl/α,β-unsaturated/α-hetero) is 1. The number of amides is 1. The molecule has 1 aromatic rings. The topological polar surface area (TPSA) is 92.7 Å². The Labute approximate surface area is 153 Å². The lowest BCUT2D eigenvalue weighted by Gasteiger charge is -2.25. The molecule has 2 rings (SSSR count). The van der Waals surface area contributed by atoms with Crippen molar-refractivity contribution in [3.63, 3.8) is 0 Å². The maximum Gasteiger partial charge on any atom is 0.408 e. The first-order valence-corrected chi connectivity index (χ1v) is 8.97. The summed E-state index contributed by atoms with van der Waals surface area (Å²) < 4.78 is 5.27. The van der Waals surface area contributed by atoms with Crippen molar-refractivity contribution in [2.75, 3.05) is 0 Å². The van der Waals surface area contributed by atoms with E-state index >= 15 is 0 Å². The fourth-order valence-corrected chi connectivity index (χ4v) is 3.38. The highest BCUT2D eigenvalue weighted by Crippen LogP contribution is 2.33. The van der Waals surface area contributed by atoms with Gasteiger partial charge in [0.1, 0.15) is 5.60 Å². The second-order valence-electron chi connectivity index (χ2n) is 7.77. The first-order valence-electron chi connectivity index (χ1n) is 8.97. The van der Waals surface area contributed by atoms with Gasteiger partial charge < -0.3 is 15.2 Å². The molecule has 1 unspecified atom stereocenters. The Morgan fingerprint density at radius 2 is 1.77 bits per heavy atom. The van der Waals surface area contributed by atoms with E-state index < -0.39 is 35.5 Å². The first kappa shape index (κ1) is 19.9. The molecule has 0 radical (unpaired) electrons. The fourth-order valence-electron chi connectivity index (χ4n) is 3.38. The molecule has 26 heavy (non-hydrogen) atoms. The van der Waals surface area contributed by atoms with Gasteiger partial charge >= 0.3 is 12.1 Å². The molecule has 0 aromatic heterocycles. The Morgan fingerprint density at radius 3 is 2.35 bits per heavy atom. The van der Waals surface area contributed by atoms with Gasteiger partial charge in [0.2, 0.25) is 0 Å². The average molecular weight is 361 g/mol. The van der Waals surface area contributed by atoms with Gasteiger partial charge in [-0.3, -0.25) is 9.59 Å². The Morgan fingerprint density at radius 1 is 1.15 bits per heavy atom. The minimum absolute atomic E-state index is 0.232. The maximum atomic E-state index is 13.0. The van der Waals surface area contributed by atoms with Gasteiger partial charge in [0.05, 0.1) is 12.0 Å². The second-order valence-corrected chi connectivity index (χ2v) is 7.77. The second kappa shape index (κ2) is 8.34. The molecule has 1 aliphatic carbocycles. The van der Waals surface area contributed by atoms with Crippen LogP contribution in [-0.2, 0) is 20.7 Å². The van der Waals surface area contributed by atoms with Crippen molar-refractivity contribution < 1.29 is 24.2 Å². The van der Waals surface area contributed by atoms with Gasteiger partial charge in [-0.15, -0.1) is 0 Å². The Balaban J connectivity index is 2.17. The van der Waals surface area contributed by atoms with E-state index in [1.54, 1.807) is 20.8 Å². The summed E-state index contributed by atoms with van der Waals surface area (Å²) in [6.07, 6.45) is 1.38. The predicted octanol–water partition coefficient (Wildman–Crippen LogP) is 3.19. The number of benzene rings is 1. The molecule has 6 heteroatoms. The highest BCUT2D eigenvalue weighted by atomic mass is 16.6. The molecule has 6 nitrogen and oxygen atoms in total. The van der Waals surface area contributed by atoms with Gasteiger partial charge in [-0.2, -0.15) is 0 Å². The van der Waals surface area contributed by atoms with Crippen LogP contribution in [0.5, 0.6) is 0 Å². The van der Waals surface area contributed by atoms with Crippen molar-refractivity contribution in [2.24, 2.45) is 11.8 Å². The summed E-state index contributed by atoms with van der Waals surface area (Å²) in [6.45, 7) is 5.24. The lowest BCUT2D eigenvalue weighted by molar-refractivity contribution is -0.146. The van der Waals surface area contributed by atoms with Crippen LogP contribution < -0.4 is 5.32 Å². The highest BCUT2D eigenvalue weighted by molar-refractivity contribution is 5.92. The van der Waals surface area contributed by atoms with Crippen LogP contribution in [0.4, 0.5) is 4.79 Å². The third kappa shape index (κ3) is 5.58. The fraction of sp³-hybridized carbons (Fsp3) is 0.550. The van der Waals surface area contributed by atoms with Gasteiger partial charge in [-0.1, -0.05) is 36.8 Å². The number of alkyl carbamates (subject to hydrolysis) is 1. The highest BCUT2D eigenvalue weighted by Gasteiger charge is 2.41. The van der Waals surface area contributed by atoms with Crippen LogP contribution in [0.3, 0.4) is 0 Å². The molecular formula is C20H27NO5. The maximum absolute atomic E-state index is 13.0. The minimum atomic E-state index is -0.948. The molecule has 0 saturated heterocycles. The lowest BCUT2D eigenvalue weighted by Crippen LogP contribution is -2.48. The van der Waals surface area contributed by atoms with E-state index in [9.17, 15) is 19.5 Å². The van der Waals surface area contributed by atoms with E-state index in [-0.39, 0.29) is 5.78 Å². The molecule has 0 heterocycles. The van der Waals surface area contributed by atoms with Crippen molar-refractivity contribution >= 4 is 17.8 Å². The Bertz CT molecular complexity index is 650. The lowest BCUT2D eigenvalue weighted by atomic mass is 9.86. The van der Waals surface area contributed by atoms with E-state index in [1.165, 1.54) is 0 Å². The van der Waals surface area contributed by atoms with Gasteiger partial charge in [0.25, 0.3) is 0 Å². The SMILES string of the molecule is CC(C)(C)OC(=O)NC(Cc1ccccc1)C(=O)[C@@H]1CCC[C@H]1C(=O)O. The van der Waals surface area contributed by atoms with Gasteiger partial charge in [0, 0.05) is 5.92 Å². The van der Waals surface area contributed by atoms with E-state index in [1.807, 2.05) is 30.3 Å². The number of carbonyl (C=O) groups excluding carboxylic acids is 2. The number of nitrogens with one attached hydrogen (secondary N) is 1. The number of rotatable bonds is 6. The molecule has 3 atom stereocenters. The van der Waals surface area contributed by atoms with Crippen LogP contribution in [0.1, 0.15) is 45.6 Å². The van der Waals surface area contributed by atoms with Crippen LogP contribution in [0, 0.1) is 11.8 Å². The normalized spacial score (nSPS) is 21.0. The number of ether oxygens (including phenoxy) is 1. The summed E-state index contributed by atoms with van der Waals surface area (Å²) in [6, 6.07) is 8.54. The largest absolute Gasteiger partial charge is 0.481 e. The zero-order chi connectivity index (χ0) is 19.3. The summed E-state index contributed by atoms with van der Waals surface area (Å²) >= 11 is 0. The Hall–Kier alpha value is -2.37. The first-order chi connectivity index (χ1) is 12.2. The van der Waals surface area contributed by atoms with E-state index in [2.05, 4.69) is 5.32 Å². The third-order valence-electron chi connectivity index (χ3n) is 4.52. The summed E-state index contributed by atoms with van der Waals surface area (Å²) in [5.41, 5.74) is 0.216. The summed E-state index contributed by atoms with van der Waals surface area (Å²) in [5, 5.41) is 12.0. The molecule has 0 aliphatic heterocycles. The molecule has 142 valence electrons. The summed E-state index contributed by atoms with van der Waals surface area (Å²) in [5.74, 6) is -2.43. The van der Waals surface area contributed by atoms with Crippen molar-refractivity contribution in [3.05, 3.63) is 35.9 Å². The molecule has 1 aromatic carbocycles. The van der Waals surface area contributed by atoms with Crippen molar-refractivity contribution in [1.82, 2.24) is 5.32 Å². The molecular weight excluding hydrogens is 334 g/mol.